The van der Waals surface area contributed by atoms with Crippen LogP contribution in [0.3, 0.4) is 0 Å². The second-order valence-corrected chi connectivity index (χ2v) is 7.15. The van der Waals surface area contributed by atoms with E-state index in [1.165, 1.54) is 31.2 Å². The first-order valence-corrected chi connectivity index (χ1v) is 10.3. The number of benzene rings is 2. The molecular formula is C25H33NO2. The molecule has 2 aromatic rings. The summed E-state index contributed by atoms with van der Waals surface area (Å²) < 4.78 is 5.13. The summed E-state index contributed by atoms with van der Waals surface area (Å²) in [5, 5.41) is 0. The van der Waals surface area contributed by atoms with Gasteiger partial charge in [-0.15, -0.1) is 0 Å². The van der Waals surface area contributed by atoms with E-state index in [0.717, 1.165) is 30.9 Å². The van der Waals surface area contributed by atoms with Crippen molar-refractivity contribution in [3.63, 3.8) is 0 Å². The van der Waals surface area contributed by atoms with Gasteiger partial charge in [-0.2, -0.15) is 0 Å². The second kappa shape index (κ2) is 12.1. The molecule has 0 saturated carbocycles. The van der Waals surface area contributed by atoms with Crippen LogP contribution < -0.4 is 4.74 Å². The number of carbonyl (C=O) groups excluding carboxylic acids is 1. The van der Waals surface area contributed by atoms with Gasteiger partial charge in [0, 0.05) is 12.1 Å². The van der Waals surface area contributed by atoms with E-state index in [2.05, 4.69) is 43.0 Å². The maximum Gasteiger partial charge on any atom is 0.185 e. The van der Waals surface area contributed by atoms with Crippen molar-refractivity contribution < 1.29 is 9.53 Å². The predicted octanol–water partition coefficient (Wildman–Crippen LogP) is 5.99. The summed E-state index contributed by atoms with van der Waals surface area (Å²) in [6.45, 7) is 7.80. The lowest BCUT2D eigenvalue weighted by atomic mass is 10.1. The van der Waals surface area contributed by atoms with Crippen LogP contribution >= 0.6 is 0 Å². The summed E-state index contributed by atoms with van der Waals surface area (Å²) in [5.41, 5.74) is 3.03. The molecule has 0 atom stereocenters. The molecule has 0 unspecified atom stereocenters. The number of carbonyl (C=O) groups is 1. The molecule has 0 aliphatic heterocycles. The third kappa shape index (κ3) is 7.32. The standard InChI is InChI=1S/C25H33NO2/c1-4-6-18-26(19-7-5-2)20-22-10-8-21(9-11-22)12-17-25(27)23-13-15-24(28-3)16-14-23/h8-17H,4-7,18-20H2,1-3H3. The zero-order valence-corrected chi connectivity index (χ0v) is 17.5. The average Bonchev–Trinajstić information content (AvgIpc) is 2.74. The second-order valence-electron chi connectivity index (χ2n) is 7.15. The number of hydrogen-bond donors (Lipinski definition) is 0. The number of allylic oxidation sites excluding steroid dienone is 1. The monoisotopic (exact) mass is 379 g/mol. The minimum absolute atomic E-state index is 0.00274. The van der Waals surface area contributed by atoms with Crippen molar-refractivity contribution in [1.82, 2.24) is 4.90 Å². The minimum atomic E-state index is -0.00274. The number of hydrogen-bond acceptors (Lipinski definition) is 3. The lowest BCUT2D eigenvalue weighted by Gasteiger charge is -2.22. The van der Waals surface area contributed by atoms with Crippen LogP contribution in [-0.2, 0) is 6.54 Å². The molecule has 2 aromatic carbocycles. The molecule has 3 nitrogen and oxygen atoms in total. The molecule has 0 amide bonds. The average molecular weight is 380 g/mol. The lowest BCUT2D eigenvalue weighted by molar-refractivity contribution is 0.104. The number of unbranched alkanes of at least 4 members (excludes halogenated alkanes) is 2. The van der Waals surface area contributed by atoms with E-state index in [4.69, 9.17) is 4.74 Å². The van der Waals surface area contributed by atoms with Gasteiger partial charge in [-0.05, 0) is 67.4 Å². The van der Waals surface area contributed by atoms with Gasteiger partial charge in [0.2, 0.25) is 0 Å². The first-order chi connectivity index (χ1) is 13.7. The molecule has 0 heterocycles. The van der Waals surface area contributed by atoms with Gasteiger partial charge in [-0.3, -0.25) is 9.69 Å². The van der Waals surface area contributed by atoms with Crippen molar-refractivity contribution in [3.8, 4) is 5.75 Å². The van der Waals surface area contributed by atoms with Crippen molar-refractivity contribution in [2.75, 3.05) is 20.2 Å². The van der Waals surface area contributed by atoms with Crippen LogP contribution in [0.25, 0.3) is 6.08 Å². The van der Waals surface area contributed by atoms with Crippen molar-refractivity contribution in [3.05, 3.63) is 71.3 Å². The largest absolute Gasteiger partial charge is 0.497 e. The summed E-state index contributed by atoms with van der Waals surface area (Å²) >= 11 is 0. The number of methoxy groups -OCH3 is 1. The number of ether oxygens (including phenoxy) is 1. The highest BCUT2D eigenvalue weighted by Crippen LogP contribution is 2.14. The van der Waals surface area contributed by atoms with Crippen LogP contribution in [0.5, 0.6) is 5.75 Å². The molecule has 0 saturated heterocycles. The lowest BCUT2D eigenvalue weighted by Crippen LogP contribution is -2.25. The fourth-order valence-electron chi connectivity index (χ4n) is 3.05. The Morgan fingerprint density at radius 2 is 1.54 bits per heavy atom. The quantitative estimate of drug-likeness (QED) is 0.335. The molecule has 0 bridgehead atoms. The highest BCUT2D eigenvalue weighted by atomic mass is 16.5. The van der Waals surface area contributed by atoms with Crippen LogP contribution in [0.1, 0.15) is 61.0 Å². The van der Waals surface area contributed by atoms with Crippen molar-refractivity contribution in [2.24, 2.45) is 0 Å². The molecule has 28 heavy (non-hydrogen) atoms. The van der Waals surface area contributed by atoms with Gasteiger partial charge >= 0.3 is 0 Å². The van der Waals surface area contributed by atoms with Crippen LogP contribution in [0.4, 0.5) is 0 Å². The van der Waals surface area contributed by atoms with Gasteiger partial charge in [-0.1, -0.05) is 57.0 Å². The Hall–Kier alpha value is -2.39. The Morgan fingerprint density at radius 3 is 2.07 bits per heavy atom. The summed E-state index contributed by atoms with van der Waals surface area (Å²) in [5.74, 6) is 0.750. The molecule has 150 valence electrons. The third-order valence-corrected chi connectivity index (χ3v) is 4.84. The fraction of sp³-hybridized carbons (Fsp3) is 0.400. The topological polar surface area (TPSA) is 29.5 Å². The zero-order valence-electron chi connectivity index (χ0n) is 17.5. The summed E-state index contributed by atoms with van der Waals surface area (Å²) in [7, 11) is 1.62. The molecule has 0 aliphatic rings. The third-order valence-electron chi connectivity index (χ3n) is 4.84. The van der Waals surface area contributed by atoms with Crippen LogP contribution in [-0.4, -0.2) is 30.9 Å². The molecule has 0 N–H and O–H groups in total. The summed E-state index contributed by atoms with van der Waals surface area (Å²) in [4.78, 5) is 14.8. The maximum atomic E-state index is 12.3. The first kappa shape index (κ1) is 21.9. The molecular weight excluding hydrogens is 346 g/mol. The molecule has 0 radical (unpaired) electrons. The Kier molecular flexibility index (Phi) is 9.50. The molecule has 0 spiro atoms. The van der Waals surface area contributed by atoms with Crippen molar-refractivity contribution in [1.29, 1.82) is 0 Å². The Bertz CT molecular complexity index is 724. The molecule has 0 aliphatic carbocycles. The highest BCUT2D eigenvalue weighted by molar-refractivity contribution is 6.06. The van der Waals surface area contributed by atoms with E-state index < -0.39 is 0 Å². The van der Waals surface area contributed by atoms with Crippen molar-refractivity contribution >= 4 is 11.9 Å². The first-order valence-electron chi connectivity index (χ1n) is 10.3. The zero-order chi connectivity index (χ0) is 20.2. The molecule has 3 heteroatoms. The summed E-state index contributed by atoms with van der Waals surface area (Å²) in [6, 6.07) is 15.7. The van der Waals surface area contributed by atoms with Crippen LogP contribution in [0.2, 0.25) is 0 Å². The number of nitrogens with zero attached hydrogens (tertiary/aromatic N) is 1. The van der Waals surface area contributed by atoms with E-state index in [9.17, 15) is 4.79 Å². The molecule has 0 aromatic heterocycles. The van der Waals surface area contributed by atoms with Gasteiger partial charge in [-0.25, -0.2) is 0 Å². The van der Waals surface area contributed by atoms with Gasteiger partial charge < -0.3 is 4.74 Å². The number of ketones is 1. The van der Waals surface area contributed by atoms with Gasteiger partial charge in [0.25, 0.3) is 0 Å². The van der Waals surface area contributed by atoms with Gasteiger partial charge in [0.1, 0.15) is 5.75 Å². The van der Waals surface area contributed by atoms with E-state index >= 15 is 0 Å². The van der Waals surface area contributed by atoms with Crippen molar-refractivity contribution in [2.45, 2.75) is 46.1 Å². The maximum absolute atomic E-state index is 12.3. The summed E-state index contributed by atoms with van der Waals surface area (Å²) in [6.07, 6.45) is 8.47. The van der Waals surface area contributed by atoms with Gasteiger partial charge in [0.05, 0.1) is 7.11 Å². The SMILES string of the molecule is CCCCN(CCCC)Cc1ccc(C=CC(=O)c2ccc(OC)cc2)cc1. The van der Waals surface area contributed by atoms with Crippen LogP contribution in [0, 0.1) is 0 Å². The normalized spacial score (nSPS) is 11.3. The van der Waals surface area contributed by atoms with E-state index in [1.807, 2.05) is 6.08 Å². The smallest absolute Gasteiger partial charge is 0.185 e. The van der Waals surface area contributed by atoms with Gasteiger partial charge in [0.15, 0.2) is 5.78 Å². The van der Waals surface area contributed by atoms with E-state index in [-0.39, 0.29) is 5.78 Å². The predicted molar refractivity (Wildman–Crippen MR) is 118 cm³/mol. The highest BCUT2D eigenvalue weighted by Gasteiger charge is 2.05. The Labute approximate surface area is 170 Å². The molecule has 0 fully saturated rings. The Balaban J connectivity index is 1.94. The van der Waals surface area contributed by atoms with E-state index in [1.54, 1.807) is 37.5 Å². The Morgan fingerprint density at radius 1 is 0.929 bits per heavy atom. The van der Waals surface area contributed by atoms with E-state index in [0.29, 0.717) is 5.56 Å². The minimum Gasteiger partial charge on any atom is -0.497 e. The molecule has 2 rings (SSSR count). The fourth-order valence-corrected chi connectivity index (χ4v) is 3.05. The number of rotatable bonds is 12. The van der Waals surface area contributed by atoms with Crippen LogP contribution in [0.15, 0.2) is 54.6 Å².